The molecule has 2 aromatic heterocycles. The van der Waals surface area contributed by atoms with E-state index in [1.807, 2.05) is 40.0 Å². The number of hydrogen-bond acceptors (Lipinski definition) is 4. The summed E-state index contributed by atoms with van der Waals surface area (Å²) in [6.07, 6.45) is 5.35. The molecule has 0 radical (unpaired) electrons. The zero-order valence-electron chi connectivity index (χ0n) is 11.0. The first-order chi connectivity index (χ1) is 8.41. The molecule has 0 unspecified atom stereocenters. The Morgan fingerprint density at radius 1 is 1.17 bits per heavy atom. The van der Waals surface area contributed by atoms with Crippen LogP contribution in [0.1, 0.15) is 27.7 Å². The third-order valence-corrected chi connectivity index (χ3v) is 3.81. The number of hydrogen-bond donors (Lipinski definition) is 0. The highest BCUT2D eigenvalue weighted by Crippen LogP contribution is 2.36. The summed E-state index contributed by atoms with van der Waals surface area (Å²) in [5.41, 5.74) is 0.951. The van der Waals surface area contributed by atoms with Crippen molar-refractivity contribution in [2.45, 2.75) is 38.9 Å². The summed E-state index contributed by atoms with van der Waals surface area (Å²) >= 11 is 0. The monoisotopic (exact) mass is 245 g/mol. The van der Waals surface area contributed by atoms with Crippen molar-refractivity contribution >= 4 is 18.2 Å². The molecule has 0 aliphatic carbocycles. The normalized spacial score (nSPS) is 21.7. The molecule has 1 saturated heterocycles. The van der Waals surface area contributed by atoms with Gasteiger partial charge >= 0.3 is 7.12 Å². The van der Waals surface area contributed by atoms with Gasteiger partial charge in [0.2, 0.25) is 0 Å². The van der Waals surface area contributed by atoms with Gasteiger partial charge in [-0.2, -0.15) is 5.10 Å². The van der Waals surface area contributed by atoms with E-state index in [0.29, 0.717) is 0 Å². The first-order valence-corrected chi connectivity index (χ1v) is 6.05. The van der Waals surface area contributed by atoms with E-state index in [-0.39, 0.29) is 11.2 Å². The molecule has 0 saturated carbocycles. The fourth-order valence-electron chi connectivity index (χ4n) is 1.98. The summed E-state index contributed by atoms with van der Waals surface area (Å²) in [5, 5.41) is 4.25. The molecule has 0 atom stereocenters. The minimum atomic E-state index is -0.414. The molecule has 0 N–H and O–H groups in total. The van der Waals surface area contributed by atoms with Gasteiger partial charge in [0.15, 0.2) is 5.65 Å². The van der Waals surface area contributed by atoms with Crippen LogP contribution in [-0.4, -0.2) is 32.9 Å². The van der Waals surface area contributed by atoms with Gasteiger partial charge in [-0.1, -0.05) is 0 Å². The standard InChI is InChI=1S/C12H16BN3O2/c1-11(2)12(3,4)18-13(17-11)9-8-15-16-7-5-6-14-10(9)16/h5-8H,1-4H3. The third kappa shape index (κ3) is 1.56. The van der Waals surface area contributed by atoms with Crippen molar-refractivity contribution < 1.29 is 9.31 Å². The van der Waals surface area contributed by atoms with Crippen molar-refractivity contribution in [3.63, 3.8) is 0 Å². The van der Waals surface area contributed by atoms with E-state index in [2.05, 4.69) is 10.1 Å². The van der Waals surface area contributed by atoms with Crippen LogP contribution in [0, 0.1) is 0 Å². The van der Waals surface area contributed by atoms with Crippen LogP contribution in [0.3, 0.4) is 0 Å². The minimum absolute atomic E-state index is 0.347. The third-order valence-electron chi connectivity index (χ3n) is 3.81. The topological polar surface area (TPSA) is 48.7 Å². The zero-order chi connectivity index (χ0) is 13.0. The molecule has 0 amide bonds. The maximum Gasteiger partial charge on any atom is 0.500 e. The van der Waals surface area contributed by atoms with Crippen LogP contribution in [0.5, 0.6) is 0 Å². The SMILES string of the molecule is CC1(C)OB(c2cnn3cccnc23)OC1(C)C. The van der Waals surface area contributed by atoms with E-state index in [0.717, 1.165) is 11.1 Å². The molecule has 2 aromatic rings. The van der Waals surface area contributed by atoms with Crippen LogP contribution in [-0.2, 0) is 9.31 Å². The lowest BCUT2D eigenvalue weighted by Crippen LogP contribution is -2.41. The van der Waals surface area contributed by atoms with Crippen LogP contribution >= 0.6 is 0 Å². The molecule has 0 aromatic carbocycles. The van der Waals surface area contributed by atoms with Gasteiger partial charge in [-0.3, -0.25) is 0 Å². The van der Waals surface area contributed by atoms with E-state index in [1.165, 1.54) is 0 Å². The molecule has 1 aliphatic heterocycles. The number of fused-ring (bicyclic) bond motifs is 1. The van der Waals surface area contributed by atoms with Crippen LogP contribution in [0.4, 0.5) is 0 Å². The molecular formula is C12H16BN3O2. The molecule has 18 heavy (non-hydrogen) atoms. The van der Waals surface area contributed by atoms with Gasteiger partial charge in [-0.05, 0) is 33.8 Å². The van der Waals surface area contributed by atoms with Crippen molar-refractivity contribution in [1.82, 2.24) is 14.6 Å². The summed E-state index contributed by atoms with van der Waals surface area (Å²) in [4.78, 5) is 4.32. The van der Waals surface area contributed by atoms with Crippen molar-refractivity contribution in [3.05, 3.63) is 24.7 Å². The molecule has 94 valence electrons. The van der Waals surface area contributed by atoms with Crippen molar-refractivity contribution in [2.24, 2.45) is 0 Å². The zero-order valence-corrected chi connectivity index (χ0v) is 11.0. The lowest BCUT2D eigenvalue weighted by molar-refractivity contribution is 0.00578. The van der Waals surface area contributed by atoms with Crippen LogP contribution in [0.25, 0.3) is 5.65 Å². The van der Waals surface area contributed by atoms with E-state index in [4.69, 9.17) is 9.31 Å². The van der Waals surface area contributed by atoms with E-state index >= 15 is 0 Å². The average Bonchev–Trinajstić information content (AvgIpc) is 2.78. The summed E-state index contributed by atoms with van der Waals surface area (Å²) in [7, 11) is -0.414. The second-order valence-electron chi connectivity index (χ2n) is 5.58. The largest absolute Gasteiger partial charge is 0.500 e. The Morgan fingerprint density at radius 2 is 1.83 bits per heavy atom. The fraction of sp³-hybridized carbons (Fsp3) is 0.500. The van der Waals surface area contributed by atoms with Gasteiger partial charge in [-0.25, -0.2) is 9.50 Å². The highest BCUT2D eigenvalue weighted by molar-refractivity contribution is 6.64. The quantitative estimate of drug-likeness (QED) is 0.704. The number of aromatic nitrogens is 3. The Labute approximate surface area is 106 Å². The van der Waals surface area contributed by atoms with Crippen LogP contribution in [0.2, 0.25) is 0 Å². The average molecular weight is 245 g/mol. The Hall–Kier alpha value is -1.40. The molecule has 0 spiro atoms. The second-order valence-corrected chi connectivity index (χ2v) is 5.58. The first kappa shape index (κ1) is 11.7. The van der Waals surface area contributed by atoms with Gasteiger partial charge in [0.25, 0.3) is 0 Å². The fourth-order valence-corrected chi connectivity index (χ4v) is 1.98. The van der Waals surface area contributed by atoms with Gasteiger partial charge in [0.1, 0.15) is 0 Å². The van der Waals surface area contributed by atoms with Gasteiger partial charge in [0.05, 0.1) is 17.4 Å². The molecule has 1 fully saturated rings. The van der Waals surface area contributed by atoms with E-state index in [1.54, 1.807) is 16.9 Å². The minimum Gasteiger partial charge on any atom is -0.399 e. The van der Waals surface area contributed by atoms with Gasteiger partial charge in [-0.15, -0.1) is 0 Å². The first-order valence-electron chi connectivity index (χ1n) is 6.05. The predicted molar refractivity (Wildman–Crippen MR) is 68.7 cm³/mol. The molecular weight excluding hydrogens is 229 g/mol. The van der Waals surface area contributed by atoms with Crippen molar-refractivity contribution in [2.75, 3.05) is 0 Å². The maximum absolute atomic E-state index is 6.00. The maximum atomic E-state index is 6.00. The highest BCUT2D eigenvalue weighted by atomic mass is 16.7. The van der Waals surface area contributed by atoms with Crippen LogP contribution in [0.15, 0.2) is 24.7 Å². The molecule has 3 heterocycles. The molecule has 3 rings (SSSR count). The summed E-state index contributed by atoms with van der Waals surface area (Å²) < 4.78 is 13.7. The Kier molecular flexibility index (Phi) is 2.31. The smallest absolute Gasteiger partial charge is 0.399 e. The lowest BCUT2D eigenvalue weighted by atomic mass is 9.81. The summed E-state index contributed by atoms with van der Waals surface area (Å²) in [6.45, 7) is 8.14. The van der Waals surface area contributed by atoms with Crippen LogP contribution < -0.4 is 5.46 Å². The van der Waals surface area contributed by atoms with Crippen molar-refractivity contribution in [1.29, 1.82) is 0 Å². The molecule has 5 nitrogen and oxygen atoms in total. The highest BCUT2D eigenvalue weighted by Gasteiger charge is 2.52. The summed E-state index contributed by atoms with van der Waals surface area (Å²) in [6, 6.07) is 1.84. The summed E-state index contributed by atoms with van der Waals surface area (Å²) in [5.74, 6) is 0. The lowest BCUT2D eigenvalue weighted by Gasteiger charge is -2.32. The molecule has 6 heteroatoms. The molecule has 0 bridgehead atoms. The second kappa shape index (κ2) is 3.55. The Balaban J connectivity index is 2.03. The number of rotatable bonds is 1. The molecule has 1 aliphatic rings. The Morgan fingerprint density at radius 3 is 2.50 bits per heavy atom. The van der Waals surface area contributed by atoms with Gasteiger partial charge < -0.3 is 9.31 Å². The predicted octanol–water partition coefficient (Wildman–Crippen LogP) is 1.03. The Bertz CT molecular complexity index is 578. The van der Waals surface area contributed by atoms with Crippen molar-refractivity contribution in [3.8, 4) is 0 Å². The van der Waals surface area contributed by atoms with Gasteiger partial charge in [0, 0.05) is 17.9 Å². The van der Waals surface area contributed by atoms with E-state index in [9.17, 15) is 0 Å². The number of nitrogens with zero attached hydrogens (tertiary/aromatic N) is 3. The van der Waals surface area contributed by atoms with E-state index < -0.39 is 7.12 Å².